The van der Waals surface area contributed by atoms with Crippen LogP contribution < -0.4 is 0 Å². The van der Waals surface area contributed by atoms with E-state index >= 15 is 0 Å². The van der Waals surface area contributed by atoms with Gasteiger partial charge < -0.3 is 5.11 Å². The Kier molecular flexibility index (Phi) is 4.14. The highest BCUT2D eigenvalue weighted by molar-refractivity contribution is 5.66. The van der Waals surface area contributed by atoms with Gasteiger partial charge in [-0.1, -0.05) is 26.0 Å². The number of allylic oxidation sites excluding steroid dienone is 2. The number of rotatable bonds is 6. The van der Waals surface area contributed by atoms with E-state index in [0.29, 0.717) is 11.8 Å². The van der Waals surface area contributed by atoms with E-state index in [9.17, 15) is 4.79 Å². The van der Waals surface area contributed by atoms with E-state index in [0.717, 1.165) is 30.6 Å². The number of aliphatic carboxylic acids is 1. The average Bonchev–Trinajstić information content (AvgIpc) is 2.33. The number of hydrogen-bond donors (Lipinski definition) is 1. The highest BCUT2D eigenvalue weighted by Gasteiger charge is 2.53. The van der Waals surface area contributed by atoms with Gasteiger partial charge in [-0.2, -0.15) is 0 Å². The van der Waals surface area contributed by atoms with Gasteiger partial charge in [0.1, 0.15) is 0 Å². The highest BCUT2D eigenvalue weighted by atomic mass is 16.4. The highest BCUT2D eigenvalue weighted by Crippen LogP contribution is 2.62. The van der Waals surface area contributed by atoms with Gasteiger partial charge in [-0.3, -0.25) is 4.79 Å². The first-order valence-electron chi connectivity index (χ1n) is 7.38. The molecule has 0 amide bonds. The second-order valence-electron chi connectivity index (χ2n) is 6.69. The normalized spacial score (nSPS) is 33.3. The zero-order chi connectivity index (χ0) is 13.2. The van der Waals surface area contributed by atoms with Gasteiger partial charge in [0.05, 0.1) is 0 Å². The lowest BCUT2D eigenvalue weighted by atomic mass is 9.45. The van der Waals surface area contributed by atoms with Gasteiger partial charge in [-0.25, -0.2) is 0 Å². The monoisotopic (exact) mass is 250 g/mol. The summed E-state index contributed by atoms with van der Waals surface area (Å²) in [5.74, 6) is 2.11. The predicted octanol–water partition coefficient (Wildman–Crippen LogP) is 4.26. The Hall–Kier alpha value is -0.790. The first-order valence-corrected chi connectivity index (χ1v) is 7.38. The minimum absolute atomic E-state index is 0.297. The van der Waals surface area contributed by atoms with Crippen LogP contribution in [0.15, 0.2) is 12.2 Å². The average molecular weight is 250 g/mol. The predicted molar refractivity (Wildman–Crippen MR) is 73.3 cm³/mol. The largest absolute Gasteiger partial charge is 0.481 e. The van der Waals surface area contributed by atoms with E-state index in [4.69, 9.17) is 5.11 Å². The van der Waals surface area contributed by atoms with Crippen LogP contribution in [-0.4, -0.2) is 11.1 Å². The van der Waals surface area contributed by atoms with Gasteiger partial charge in [0, 0.05) is 6.42 Å². The lowest BCUT2D eigenvalue weighted by Crippen LogP contribution is -2.52. The van der Waals surface area contributed by atoms with E-state index in [1.54, 1.807) is 0 Å². The number of hydrogen-bond acceptors (Lipinski definition) is 1. The van der Waals surface area contributed by atoms with E-state index in [1.165, 1.54) is 25.7 Å². The third-order valence-electron chi connectivity index (χ3n) is 5.37. The summed E-state index contributed by atoms with van der Waals surface area (Å²) in [5, 5.41) is 8.55. The van der Waals surface area contributed by atoms with Crippen LogP contribution in [0.4, 0.5) is 0 Å². The lowest BCUT2D eigenvalue weighted by molar-refractivity contribution is -0.137. The molecule has 3 saturated carbocycles. The molecule has 3 aliphatic rings. The lowest BCUT2D eigenvalue weighted by Gasteiger charge is -2.60. The van der Waals surface area contributed by atoms with Gasteiger partial charge in [-0.15, -0.1) is 0 Å². The maximum atomic E-state index is 10.4. The van der Waals surface area contributed by atoms with Crippen LogP contribution in [0.1, 0.15) is 58.8 Å². The molecule has 3 aliphatic carbocycles. The Bertz CT molecular complexity index is 328. The summed E-state index contributed by atoms with van der Waals surface area (Å²) >= 11 is 0. The van der Waals surface area contributed by atoms with Crippen molar-refractivity contribution >= 4 is 5.97 Å². The summed E-state index contributed by atoms with van der Waals surface area (Å²) < 4.78 is 0. The summed E-state index contributed by atoms with van der Waals surface area (Å²) in [5.41, 5.74) is 0.583. The van der Waals surface area contributed by atoms with Crippen molar-refractivity contribution in [3.8, 4) is 0 Å². The van der Waals surface area contributed by atoms with Gasteiger partial charge in [0.2, 0.25) is 0 Å². The van der Waals surface area contributed by atoms with E-state index in [-0.39, 0.29) is 0 Å². The van der Waals surface area contributed by atoms with Gasteiger partial charge in [0.25, 0.3) is 0 Å². The number of fused-ring (bicyclic) bond motifs is 2. The molecule has 3 rings (SSSR count). The van der Waals surface area contributed by atoms with Crippen LogP contribution in [0, 0.1) is 23.2 Å². The second-order valence-corrected chi connectivity index (χ2v) is 6.69. The van der Waals surface area contributed by atoms with Crippen LogP contribution in [0.2, 0.25) is 0 Å². The summed E-state index contributed by atoms with van der Waals surface area (Å²) in [6, 6.07) is 0. The molecule has 18 heavy (non-hydrogen) atoms. The van der Waals surface area contributed by atoms with Crippen LogP contribution in [0.5, 0.6) is 0 Å². The fourth-order valence-electron chi connectivity index (χ4n) is 4.00. The Morgan fingerprint density at radius 3 is 2.72 bits per heavy atom. The van der Waals surface area contributed by atoms with Crippen LogP contribution in [0.3, 0.4) is 0 Å². The van der Waals surface area contributed by atoms with Crippen molar-refractivity contribution in [3.63, 3.8) is 0 Å². The molecule has 0 aromatic rings. The zero-order valence-electron chi connectivity index (χ0n) is 11.7. The Morgan fingerprint density at radius 1 is 1.33 bits per heavy atom. The number of carboxylic acid groups (broad SMARTS) is 1. The summed E-state index contributed by atoms with van der Waals surface area (Å²) in [6.45, 7) is 4.88. The van der Waals surface area contributed by atoms with Crippen LogP contribution in [-0.2, 0) is 4.79 Å². The Labute approximate surface area is 110 Å². The molecule has 0 saturated heterocycles. The van der Waals surface area contributed by atoms with E-state index < -0.39 is 5.97 Å². The summed E-state index contributed by atoms with van der Waals surface area (Å²) in [4.78, 5) is 10.4. The first kappa shape index (κ1) is 13.6. The van der Waals surface area contributed by atoms with Crippen molar-refractivity contribution < 1.29 is 9.90 Å². The Morgan fingerprint density at radius 2 is 2.11 bits per heavy atom. The van der Waals surface area contributed by atoms with Crippen molar-refractivity contribution in [2.75, 3.05) is 0 Å². The maximum Gasteiger partial charge on any atom is 0.303 e. The molecule has 0 aromatic carbocycles. The molecule has 0 radical (unpaired) electrons. The minimum Gasteiger partial charge on any atom is -0.481 e. The third kappa shape index (κ3) is 2.78. The molecule has 1 N–H and O–H groups in total. The van der Waals surface area contributed by atoms with Crippen molar-refractivity contribution in [3.05, 3.63) is 12.2 Å². The van der Waals surface area contributed by atoms with Crippen molar-refractivity contribution in [1.29, 1.82) is 0 Å². The second kappa shape index (κ2) is 5.46. The molecule has 2 nitrogen and oxygen atoms in total. The van der Waals surface area contributed by atoms with Crippen molar-refractivity contribution in [1.82, 2.24) is 0 Å². The fourth-order valence-corrected chi connectivity index (χ4v) is 4.00. The quantitative estimate of drug-likeness (QED) is 0.565. The fraction of sp³-hybridized carbons (Fsp3) is 0.812. The molecule has 0 aliphatic heterocycles. The molecule has 0 unspecified atom stereocenters. The third-order valence-corrected chi connectivity index (χ3v) is 5.37. The first-order chi connectivity index (χ1) is 8.51. The topological polar surface area (TPSA) is 37.3 Å². The molecule has 3 atom stereocenters. The molecule has 3 fully saturated rings. The van der Waals surface area contributed by atoms with E-state index in [1.807, 2.05) is 0 Å². The molecule has 102 valence electrons. The summed E-state index contributed by atoms with van der Waals surface area (Å²) in [7, 11) is 0. The van der Waals surface area contributed by atoms with Gasteiger partial charge in [0.15, 0.2) is 0 Å². The van der Waals surface area contributed by atoms with Crippen molar-refractivity contribution in [2.45, 2.75) is 58.8 Å². The number of carboxylic acids is 1. The zero-order valence-corrected chi connectivity index (χ0v) is 11.7. The summed E-state index contributed by atoms with van der Waals surface area (Å²) in [6.07, 6.45) is 11.9. The molecule has 2 heteroatoms. The standard InChI is InChI=1S/C16H26O2/c1-16(2)13-10-9-12(14(16)11-13)7-5-3-4-6-8-15(17)18/h3,5,12-14H,4,6-11H2,1-2H3,(H,17,18)/b5-3-/t12-,13+,14+/m1/s1. The van der Waals surface area contributed by atoms with E-state index in [2.05, 4.69) is 26.0 Å². The SMILES string of the molecule is CC1(C)[C@H]2CC[C@@H](C/C=C\CCCC(=O)O)[C@@H]1C2. The Balaban J connectivity index is 1.68. The van der Waals surface area contributed by atoms with Gasteiger partial charge in [-0.05, 0) is 61.7 Å². The number of carbonyl (C=O) groups is 1. The molecule has 0 spiro atoms. The molecule has 0 heterocycles. The maximum absolute atomic E-state index is 10.4. The number of unbranched alkanes of at least 4 members (excludes halogenated alkanes) is 1. The minimum atomic E-state index is -0.682. The smallest absolute Gasteiger partial charge is 0.303 e. The molecule has 2 bridgehead atoms. The van der Waals surface area contributed by atoms with Crippen molar-refractivity contribution in [2.24, 2.45) is 23.2 Å². The van der Waals surface area contributed by atoms with Crippen LogP contribution in [0.25, 0.3) is 0 Å². The molecular weight excluding hydrogens is 224 g/mol. The van der Waals surface area contributed by atoms with Crippen LogP contribution >= 0.6 is 0 Å². The molecular formula is C16H26O2. The van der Waals surface area contributed by atoms with Gasteiger partial charge >= 0.3 is 5.97 Å². The molecule has 0 aromatic heterocycles.